The number of nitrogens with zero attached hydrogens (tertiary/aromatic N) is 2. The summed E-state index contributed by atoms with van der Waals surface area (Å²) in [6.07, 6.45) is 0. The van der Waals surface area contributed by atoms with Gasteiger partial charge in [0.05, 0.1) is 11.1 Å². The summed E-state index contributed by atoms with van der Waals surface area (Å²) in [5.41, 5.74) is 5.78. The molecule has 0 aliphatic carbocycles. The molecule has 1 aromatic heterocycles. The highest BCUT2D eigenvalue weighted by molar-refractivity contribution is 6.22. The summed E-state index contributed by atoms with van der Waals surface area (Å²) in [6.45, 7) is 5.79. The number of anilines is 1. The van der Waals surface area contributed by atoms with Crippen LogP contribution in [0.2, 0.25) is 0 Å². The number of benzene rings is 3. The summed E-state index contributed by atoms with van der Waals surface area (Å²) in [7, 11) is 0. The van der Waals surface area contributed by atoms with E-state index in [1.165, 1.54) is 0 Å². The highest BCUT2D eigenvalue weighted by Crippen LogP contribution is 2.28. The van der Waals surface area contributed by atoms with Gasteiger partial charge in [-0.15, -0.1) is 0 Å². The third kappa shape index (κ3) is 4.20. The Morgan fingerprint density at radius 3 is 2.33 bits per heavy atom. The summed E-state index contributed by atoms with van der Waals surface area (Å²) < 4.78 is 6.18. The van der Waals surface area contributed by atoms with E-state index < -0.39 is 17.7 Å². The molecule has 0 radical (unpaired) electrons. The smallest absolute Gasteiger partial charge is 0.262 e. The van der Waals surface area contributed by atoms with Gasteiger partial charge in [-0.2, -0.15) is 0 Å². The number of hydrogen-bond donors (Lipinski definition) is 1. The number of fused-ring (bicyclic) bond motifs is 2. The number of aryl methyl sites for hydroxylation is 2. The first-order valence-electron chi connectivity index (χ1n) is 11.7. The molecule has 1 aliphatic rings. The van der Waals surface area contributed by atoms with E-state index in [4.69, 9.17) is 4.74 Å². The number of carbonyl (C=O) groups is 3. The van der Waals surface area contributed by atoms with Crippen LogP contribution in [0.1, 0.15) is 43.1 Å². The maximum absolute atomic E-state index is 12.8. The van der Waals surface area contributed by atoms with E-state index in [1.807, 2.05) is 63.2 Å². The largest absolute Gasteiger partial charge is 0.487 e. The van der Waals surface area contributed by atoms with Gasteiger partial charge in [0.15, 0.2) is 0 Å². The summed E-state index contributed by atoms with van der Waals surface area (Å²) in [5.74, 6) is -0.675. The van der Waals surface area contributed by atoms with Gasteiger partial charge in [-0.1, -0.05) is 36.4 Å². The number of ether oxygens (including phenoxy) is 1. The van der Waals surface area contributed by atoms with Gasteiger partial charge < -0.3 is 10.1 Å². The third-order valence-corrected chi connectivity index (χ3v) is 6.48. The molecule has 180 valence electrons. The number of amides is 3. The standard InChI is InChI=1S/C29H25N3O4/c1-17-11-14-24(31-26(33)15-32-28(34)21-8-4-5-9-22(21)29(32)35)19(3)23(17)16-36-25-10-6-7-20-13-12-18(2)30-27(20)25/h4-14H,15-16H2,1-3H3,(H,31,33). The minimum atomic E-state index is -0.459. The van der Waals surface area contributed by atoms with E-state index in [9.17, 15) is 14.4 Å². The van der Waals surface area contributed by atoms with Crippen molar-refractivity contribution < 1.29 is 19.1 Å². The zero-order valence-corrected chi connectivity index (χ0v) is 20.3. The van der Waals surface area contributed by atoms with Gasteiger partial charge in [0.2, 0.25) is 5.91 Å². The maximum Gasteiger partial charge on any atom is 0.262 e. The van der Waals surface area contributed by atoms with Crippen LogP contribution in [-0.4, -0.2) is 34.2 Å². The zero-order valence-electron chi connectivity index (χ0n) is 20.3. The molecule has 0 spiro atoms. The van der Waals surface area contributed by atoms with Gasteiger partial charge in [-0.05, 0) is 67.8 Å². The predicted molar refractivity (Wildman–Crippen MR) is 137 cm³/mol. The van der Waals surface area contributed by atoms with Crippen LogP contribution in [0.3, 0.4) is 0 Å². The van der Waals surface area contributed by atoms with Crippen molar-refractivity contribution in [1.29, 1.82) is 0 Å². The van der Waals surface area contributed by atoms with Crippen LogP contribution in [0.15, 0.2) is 66.7 Å². The molecule has 7 heteroatoms. The number of rotatable bonds is 6. The number of pyridine rings is 1. The van der Waals surface area contributed by atoms with Gasteiger partial charge in [0.1, 0.15) is 24.4 Å². The molecular formula is C29H25N3O4. The average molecular weight is 480 g/mol. The SMILES string of the molecule is Cc1ccc2cccc(OCc3c(C)ccc(NC(=O)CN4C(=O)c5ccccc5C4=O)c3C)c2n1. The van der Waals surface area contributed by atoms with Gasteiger partial charge in [-0.3, -0.25) is 19.3 Å². The summed E-state index contributed by atoms with van der Waals surface area (Å²) in [6, 6.07) is 20.1. The highest BCUT2D eigenvalue weighted by Gasteiger charge is 2.36. The monoisotopic (exact) mass is 479 g/mol. The maximum atomic E-state index is 12.8. The molecule has 36 heavy (non-hydrogen) atoms. The number of imide groups is 1. The van der Waals surface area contributed by atoms with E-state index in [-0.39, 0.29) is 6.54 Å². The second-order valence-corrected chi connectivity index (χ2v) is 8.89. The number of nitrogens with one attached hydrogen (secondary N) is 1. The van der Waals surface area contributed by atoms with Crippen LogP contribution in [0.25, 0.3) is 10.9 Å². The van der Waals surface area contributed by atoms with Crippen molar-refractivity contribution in [2.75, 3.05) is 11.9 Å². The molecule has 0 saturated carbocycles. The number of para-hydroxylation sites is 1. The molecule has 5 rings (SSSR count). The molecule has 0 bridgehead atoms. The number of hydrogen-bond acceptors (Lipinski definition) is 5. The fraction of sp³-hybridized carbons (Fsp3) is 0.172. The Balaban J connectivity index is 1.32. The molecule has 7 nitrogen and oxygen atoms in total. The second kappa shape index (κ2) is 9.26. The Labute approximate surface area is 208 Å². The first-order chi connectivity index (χ1) is 17.3. The topological polar surface area (TPSA) is 88.6 Å². The average Bonchev–Trinajstić information content (AvgIpc) is 3.10. The fourth-order valence-corrected chi connectivity index (χ4v) is 4.45. The van der Waals surface area contributed by atoms with Gasteiger partial charge in [0, 0.05) is 16.8 Å². The zero-order chi connectivity index (χ0) is 25.4. The lowest BCUT2D eigenvalue weighted by molar-refractivity contribution is -0.116. The van der Waals surface area contributed by atoms with E-state index in [1.54, 1.807) is 24.3 Å². The minimum Gasteiger partial charge on any atom is -0.487 e. The van der Waals surface area contributed by atoms with Crippen LogP contribution in [0.4, 0.5) is 5.69 Å². The van der Waals surface area contributed by atoms with Gasteiger partial charge in [0.25, 0.3) is 11.8 Å². The molecule has 0 atom stereocenters. The molecule has 0 unspecified atom stereocenters. The number of aromatic nitrogens is 1. The van der Waals surface area contributed by atoms with Crippen molar-refractivity contribution in [1.82, 2.24) is 9.88 Å². The lowest BCUT2D eigenvalue weighted by atomic mass is 10.0. The van der Waals surface area contributed by atoms with E-state index in [0.717, 1.165) is 38.2 Å². The van der Waals surface area contributed by atoms with E-state index >= 15 is 0 Å². The summed E-state index contributed by atoms with van der Waals surface area (Å²) in [4.78, 5) is 43.6. The number of carbonyl (C=O) groups excluding carboxylic acids is 3. The Morgan fingerprint density at radius 1 is 0.889 bits per heavy atom. The van der Waals surface area contributed by atoms with Crippen LogP contribution < -0.4 is 10.1 Å². The first-order valence-corrected chi connectivity index (χ1v) is 11.7. The molecule has 3 aromatic carbocycles. The van der Waals surface area contributed by atoms with Gasteiger partial charge >= 0.3 is 0 Å². The van der Waals surface area contributed by atoms with Crippen LogP contribution >= 0.6 is 0 Å². The van der Waals surface area contributed by atoms with Crippen molar-refractivity contribution >= 4 is 34.3 Å². The quantitative estimate of drug-likeness (QED) is 0.394. The molecule has 1 N–H and O–H groups in total. The summed E-state index contributed by atoms with van der Waals surface area (Å²) >= 11 is 0. The highest BCUT2D eigenvalue weighted by atomic mass is 16.5. The molecule has 3 amide bonds. The minimum absolute atomic E-state index is 0.300. The molecule has 1 aliphatic heterocycles. The normalized spacial score (nSPS) is 12.7. The van der Waals surface area contributed by atoms with Crippen molar-refractivity contribution in [3.63, 3.8) is 0 Å². The van der Waals surface area contributed by atoms with Gasteiger partial charge in [-0.25, -0.2) is 4.98 Å². The Hall–Kier alpha value is -4.52. The summed E-state index contributed by atoms with van der Waals surface area (Å²) in [5, 5.41) is 3.86. The van der Waals surface area contributed by atoms with E-state index in [0.29, 0.717) is 29.2 Å². The second-order valence-electron chi connectivity index (χ2n) is 8.89. The Morgan fingerprint density at radius 2 is 1.61 bits per heavy atom. The molecule has 2 heterocycles. The molecule has 4 aromatic rings. The van der Waals surface area contributed by atoms with Crippen molar-refractivity contribution in [3.8, 4) is 5.75 Å². The predicted octanol–water partition coefficient (Wildman–Crippen LogP) is 4.97. The molecule has 0 saturated heterocycles. The van der Waals surface area contributed by atoms with E-state index in [2.05, 4.69) is 10.3 Å². The Bertz CT molecular complexity index is 1510. The van der Waals surface area contributed by atoms with Crippen molar-refractivity contribution in [2.45, 2.75) is 27.4 Å². The van der Waals surface area contributed by atoms with Crippen LogP contribution in [0.5, 0.6) is 5.75 Å². The third-order valence-electron chi connectivity index (χ3n) is 6.48. The molecule has 0 fully saturated rings. The van der Waals surface area contributed by atoms with Crippen molar-refractivity contribution in [3.05, 3.63) is 100 Å². The van der Waals surface area contributed by atoms with Crippen LogP contribution in [-0.2, 0) is 11.4 Å². The lowest BCUT2D eigenvalue weighted by Crippen LogP contribution is -2.37. The molecular weight excluding hydrogens is 454 g/mol. The Kier molecular flexibility index (Phi) is 5.98. The first kappa shape index (κ1) is 23.2. The fourth-order valence-electron chi connectivity index (χ4n) is 4.45. The van der Waals surface area contributed by atoms with Crippen molar-refractivity contribution in [2.24, 2.45) is 0 Å². The van der Waals surface area contributed by atoms with Crippen LogP contribution in [0, 0.1) is 20.8 Å². The lowest BCUT2D eigenvalue weighted by Gasteiger charge is -2.18.